The van der Waals surface area contributed by atoms with Gasteiger partial charge in [-0.1, -0.05) is 0 Å². The maximum atomic E-state index is 13.1. The lowest BCUT2D eigenvalue weighted by molar-refractivity contribution is -0.196. The van der Waals surface area contributed by atoms with Crippen molar-refractivity contribution in [3.8, 4) is 5.69 Å². The van der Waals surface area contributed by atoms with Crippen LogP contribution in [0.5, 0.6) is 0 Å². The Morgan fingerprint density at radius 1 is 1.22 bits per heavy atom. The van der Waals surface area contributed by atoms with Gasteiger partial charge in [0.1, 0.15) is 18.0 Å². The van der Waals surface area contributed by atoms with E-state index in [0.29, 0.717) is 24.4 Å². The number of nitrogens with zero attached hydrogens (tertiary/aromatic N) is 4. The van der Waals surface area contributed by atoms with Gasteiger partial charge in [0.2, 0.25) is 5.91 Å². The van der Waals surface area contributed by atoms with E-state index in [1.54, 1.807) is 16.7 Å². The highest BCUT2D eigenvalue weighted by molar-refractivity contribution is 5.79. The number of aliphatic hydroxyl groups excluding tert-OH is 1. The molecule has 1 aliphatic heterocycles. The predicted molar refractivity (Wildman–Crippen MR) is 86.5 cm³/mol. The van der Waals surface area contributed by atoms with Crippen molar-refractivity contribution in [2.24, 2.45) is 5.92 Å². The topological polar surface area (TPSA) is 71.2 Å². The van der Waals surface area contributed by atoms with Crippen molar-refractivity contribution in [2.75, 3.05) is 19.7 Å². The number of piperidine rings is 1. The molecule has 0 aliphatic carbocycles. The number of carbonyl (C=O) groups is 1. The summed E-state index contributed by atoms with van der Waals surface area (Å²) in [5.41, 5.74) is 0.673. The first-order valence-corrected chi connectivity index (χ1v) is 8.43. The summed E-state index contributed by atoms with van der Waals surface area (Å²) in [5.74, 6) is -3.35. The van der Waals surface area contributed by atoms with Crippen LogP contribution < -0.4 is 0 Å². The predicted octanol–water partition coefficient (Wildman–Crippen LogP) is 2.28. The number of hydrogen-bond acceptors (Lipinski definition) is 4. The van der Waals surface area contributed by atoms with E-state index in [0.717, 1.165) is 4.90 Å². The number of aliphatic hydroxyl groups is 1. The van der Waals surface area contributed by atoms with Crippen LogP contribution in [0.25, 0.3) is 5.69 Å². The van der Waals surface area contributed by atoms with Crippen molar-refractivity contribution in [2.45, 2.75) is 24.9 Å². The highest BCUT2D eigenvalue weighted by atomic mass is 19.4. The Labute approximate surface area is 152 Å². The molecule has 1 N–H and O–H groups in total. The summed E-state index contributed by atoms with van der Waals surface area (Å²) in [6, 6.07) is 5.78. The lowest BCUT2D eigenvalue weighted by atomic mass is 9.94. The molecule has 1 saturated heterocycles. The van der Waals surface area contributed by atoms with Crippen LogP contribution in [0.15, 0.2) is 30.6 Å². The number of amides is 1. The van der Waals surface area contributed by atoms with Crippen molar-refractivity contribution in [3.05, 3.63) is 42.2 Å². The molecule has 1 fully saturated rings. The average molecular weight is 386 g/mol. The third-order valence-electron chi connectivity index (χ3n) is 4.73. The molecule has 2 heterocycles. The summed E-state index contributed by atoms with van der Waals surface area (Å²) in [4.78, 5) is 13.2. The molecule has 146 valence electrons. The van der Waals surface area contributed by atoms with Gasteiger partial charge >= 0.3 is 6.18 Å². The summed E-state index contributed by atoms with van der Waals surface area (Å²) in [6.07, 6.45) is -2.44. The van der Waals surface area contributed by atoms with E-state index >= 15 is 0 Å². The summed E-state index contributed by atoms with van der Waals surface area (Å²) in [6.45, 7) is -1.00. The molecule has 3 rings (SSSR count). The first-order valence-electron chi connectivity index (χ1n) is 8.43. The number of benzene rings is 1. The Bertz CT molecular complexity index is 783. The smallest absolute Gasteiger partial charge is 0.395 e. The minimum atomic E-state index is -4.77. The van der Waals surface area contributed by atoms with Gasteiger partial charge in [0.05, 0.1) is 6.61 Å². The van der Waals surface area contributed by atoms with E-state index in [9.17, 15) is 22.4 Å². The molecule has 2 aromatic rings. The molecule has 0 saturated carbocycles. The zero-order valence-electron chi connectivity index (χ0n) is 14.2. The van der Waals surface area contributed by atoms with E-state index in [1.807, 2.05) is 0 Å². The van der Waals surface area contributed by atoms with Gasteiger partial charge in [0.15, 0.2) is 5.92 Å². The number of carbonyl (C=O) groups excluding carboxylic acids is 1. The molecule has 6 nitrogen and oxygen atoms in total. The maximum Gasteiger partial charge on any atom is 0.402 e. The second-order valence-corrected chi connectivity index (χ2v) is 6.41. The van der Waals surface area contributed by atoms with Crippen LogP contribution in [0.2, 0.25) is 0 Å². The second-order valence-electron chi connectivity index (χ2n) is 6.41. The van der Waals surface area contributed by atoms with Crippen LogP contribution in [0, 0.1) is 11.7 Å². The number of halogens is 4. The molecule has 1 atom stereocenters. The zero-order valence-corrected chi connectivity index (χ0v) is 14.2. The molecule has 0 bridgehead atoms. The molecular formula is C17H18F4N4O2. The minimum Gasteiger partial charge on any atom is -0.395 e. The van der Waals surface area contributed by atoms with Crippen LogP contribution >= 0.6 is 0 Å². The van der Waals surface area contributed by atoms with Gasteiger partial charge in [-0.25, -0.2) is 4.39 Å². The molecule has 1 aromatic heterocycles. The third kappa shape index (κ3) is 4.10. The molecule has 10 heteroatoms. The summed E-state index contributed by atoms with van der Waals surface area (Å²) in [5, 5.41) is 16.9. The number of rotatable bonds is 4. The monoisotopic (exact) mass is 386 g/mol. The Kier molecular flexibility index (Phi) is 5.45. The van der Waals surface area contributed by atoms with E-state index in [-0.39, 0.29) is 24.8 Å². The normalized spacial score (nSPS) is 17.1. The molecule has 1 amide bonds. The van der Waals surface area contributed by atoms with Crippen LogP contribution in [-0.2, 0) is 4.79 Å². The Morgan fingerprint density at radius 2 is 1.85 bits per heavy atom. The standard InChI is InChI=1S/C17H18F4N4O2/c18-12-1-3-13(4-2-12)25-10-22-23-15(25)11-5-7-24(8-6-11)16(27)14(9-26)17(19,20)21/h1-4,10-11,14,26H,5-9H2/t14-/m1/s1. The number of aromatic nitrogens is 3. The van der Waals surface area contributed by atoms with E-state index in [2.05, 4.69) is 10.2 Å². The van der Waals surface area contributed by atoms with Crippen molar-refractivity contribution in [3.63, 3.8) is 0 Å². The van der Waals surface area contributed by atoms with Crippen molar-refractivity contribution in [1.82, 2.24) is 19.7 Å². The maximum absolute atomic E-state index is 13.1. The van der Waals surface area contributed by atoms with E-state index in [1.165, 1.54) is 18.5 Å². The number of likely N-dealkylation sites (tertiary alicyclic amines) is 1. The number of hydrogen-bond donors (Lipinski definition) is 1. The SMILES string of the molecule is O=C([C@@H](CO)C(F)(F)F)N1CCC(c2nncn2-c2ccc(F)cc2)CC1. The highest BCUT2D eigenvalue weighted by Crippen LogP contribution is 2.32. The molecule has 1 aromatic carbocycles. The van der Waals surface area contributed by atoms with Gasteiger partial charge in [-0.2, -0.15) is 13.2 Å². The Morgan fingerprint density at radius 3 is 2.41 bits per heavy atom. The van der Waals surface area contributed by atoms with Crippen molar-refractivity contribution < 1.29 is 27.5 Å². The van der Waals surface area contributed by atoms with Gasteiger partial charge in [-0.3, -0.25) is 9.36 Å². The van der Waals surface area contributed by atoms with E-state index in [4.69, 9.17) is 5.11 Å². The van der Waals surface area contributed by atoms with Gasteiger partial charge < -0.3 is 10.0 Å². The van der Waals surface area contributed by atoms with Gasteiger partial charge in [0.25, 0.3) is 0 Å². The van der Waals surface area contributed by atoms with Crippen LogP contribution in [0.4, 0.5) is 17.6 Å². The lowest BCUT2D eigenvalue weighted by Crippen LogP contribution is -2.47. The fourth-order valence-electron chi connectivity index (χ4n) is 3.22. The molecule has 27 heavy (non-hydrogen) atoms. The first-order chi connectivity index (χ1) is 12.8. The van der Waals surface area contributed by atoms with Crippen molar-refractivity contribution in [1.29, 1.82) is 0 Å². The quantitative estimate of drug-likeness (QED) is 0.819. The molecule has 1 aliphatic rings. The molecule has 0 unspecified atom stereocenters. The summed E-state index contributed by atoms with van der Waals surface area (Å²) in [7, 11) is 0. The average Bonchev–Trinajstić information content (AvgIpc) is 3.11. The lowest BCUT2D eigenvalue weighted by Gasteiger charge is -2.34. The molecule has 0 spiro atoms. The Hall–Kier alpha value is -2.49. The second kappa shape index (κ2) is 7.63. The van der Waals surface area contributed by atoms with Crippen LogP contribution in [0.3, 0.4) is 0 Å². The summed E-state index contributed by atoms with van der Waals surface area (Å²) >= 11 is 0. The van der Waals surface area contributed by atoms with E-state index < -0.39 is 24.6 Å². The van der Waals surface area contributed by atoms with Gasteiger partial charge in [0, 0.05) is 24.7 Å². The van der Waals surface area contributed by atoms with Crippen molar-refractivity contribution >= 4 is 5.91 Å². The summed E-state index contributed by atoms with van der Waals surface area (Å²) < 4.78 is 53.3. The fourth-order valence-corrected chi connectivity index (χ4v) is 3.22. The molecular weight excluding hydrogens is 368 g/mol. The highest BCUT2D eigenvalue weighted by Gasteiger charge is 2.46. The van der Waals surface area contributed by atoms with Gasteiger partial charge in [-0.15, -0.1) is 10.2 Å². The van der Waals surface area contributed by atoms with Gasteiger partial charge in [-0.05, 0) is 37.1 Å². The number of alkyl halides is 3. The van der Waals surface area contributed by atoms with Crippen LogP contribution in [-0.4, -0.2) is 56.6 Å². The molecule has 0 radical (unpaired) electrons. The Balaban J connectivity index is 1.69. The zero-order chi connectivity index (χ0) is 19.6. The first kappa shape index (κ1) is 19.3. The largest absolute Gasteiger partial charge is 0.402 e. The minimum absolute atomic E-state index is 0.0972. The third-order valence-corrected chi connectivity index (χ3v) is 4.73. The van der Waals surface area contributed by atoms with Crippen LogP contribution in [0.1, 0.15) is 24.6 Å². The fraction of sp³-hybridized carbons (Fsp3) is 0.471.